The molecular formula is C26H29NO7S. The van der Waals surface area contributed by atoms with Gasteiger partial charge in [0.25, 0.3) is 10.1 Å². The Morgan fingerprint density at radius 1 is 0.829 bits per heavy atom. The molecule has 186 valence electrons. The number of rotatable bonds is 9. The number of esters is 2. The molecule has 3 aromatic rings. The van der Waals surface area contributed by atoms with Gasteiger partial charge in [0, 0.05) is 6.42 Å². The van der Waals surface area contributed by atoms with E-state index in [4.69, 9.17) is 19.8 Å². The van der Waals surface area contributed by atoms with Crippen molar-refractivity contribution < 1.29 is 32.0 Å². The summed E-state index contributed by atoms with van der Waals surface area (Å²) in [7, 11) is -4.02. The third kappa shape index (κ3) is 11.0. The van der Waals surface area contributed by atoms with E-state index < -0.39 is 22.1 Å². The van der Waals surface area contributed by atoms with Crippen LogP contribution in [0.15, 0.2) is 89.8 Å². The van der Waals surface area contributed by atoms with Crippen LogP contribution in [0.1, 0.15) is 29.5 Å². The van der Waals surface area contributed by atoms with Crippen molar-refractivity contribution in [1.29, 1.82) is 0 Å². The molecule has 0 unspecified atom stereocenters. The predicted octanol–water partition coefficient (Wildman–Crippen LogP) is 3.82. The minimum atomic E-state index is -4.02. The highest BCUT2D eigenvalue weighted by molar-refractivity contribution is 7.85. The SMILES string of the molecule is Cc1ccc(S(=O)(=O)O)cc1.N[C@H](CCC(=O)OCc1ccccc1)C(=O)OCc1ccccc1. The summed E-state index contributed by atoms with van der Waals surface area (Å²) < 4.78 is 39.8. The van der Waals surface area contributed by atoms with Gasteiger partial charge in [0.05, 0.1) is 4.90 Å². The molecule has 0 radical (unpaired) electrons. The first-order chi connectivity index (χ1) is 16.6. The summed E-state index contributed by atoms with van der Waals surface area (Å²) >= 11 is 0. The van der Waals surface area contributed by atoms with Crippen molar-refractivity contribution in [3.63, 3.8) is 0 Å². The maximum atomic E-state index is 11.8. The van der Waals surface area contributed by atoms with Gasteiger partial charge in [-0.1, -0.05) is 78.4 Å². The standard InChI is InChI=1S/C19H21NO4.C7H8O3S/c20-17(19(22)24-14-16-9-5-2-6-10-16)11-12-18(21)23-13-15-7-3-1-4-8-15;1-6-2-4-7(5-3-6)11(8,9)10/h1-10,17H,11-14,20H2;2-5H,1H3,(H,8,9,10)/t17-;/m1./s1. The molecule has 0 aromatic heterocycles. The molecule has 8 nitrogen and oxygen atoms in total. The summed E-state index contributed by atoms with van der Waals surface area (Å²) in [6.07, 6.45) is 0.273. The third-order valence-electron chi connectivity index (χ3n) is 4.75. The first-order valence-corrected chi connectivity index (χ1v) is 12.3. The first kappa shape index (κ1) is 27.7. The van der Waals surface area contributed by atoms with E-state index in [1.807, 2.05) is 67.6 Å². The van der Waals surface area contributed by atoms with Crippen molar-refractivity contribution in [2.75, 3.05) is 0 Å². The second kappa shape index (κ2) is 14.0. The van der Waals surface area contributed by atoms with E-state index >= 15 is 0 Å². The highest BCUT2D eigenvalue weighted by Gasteiger charge is 2.17. The van der Waals surface area contributed by atoms with Gasteiger partial charge >= 0.3 is 11.9 Å². The molecular weight excluding hydrogens is 470 g/mol. The van der Waals surface area contributed by atoms with E-state index in [2.05, 4.69) is 0 Å². The fraction of sp³-hybridized carbons (Fsp3) is 0.231. The lowest BCUT2D eigenvalue weighted by atomic mass is 10.1. The number of ether oxygens (including phenoxy) is 2. The zero-order valence-corrected chi connectivity index (χ0v) is 20.2. The zero-order chi connectivity index (χ0) is 25.7. The summed E-state index contributed by atoms with van der Waals surface area (Å²) in [4.78, 5) is 23.4. The number of carbonyl (C=O) groups excluding carboxylic acids is 2. The maximum Gasteiger partial charge on any atom is 0.323 e. The first-order valence-electron chi connectivity index (χ1n) is 10.8. The predicted molar refractivity (Wildman–Crippen MR) is 131 cm³/mol. The van der Waals surface area contributed by atoms with Gasteiger partial charge in [0.2, 0.25) is 0 Å². The minimum absolute atomic E-state index is 0.0666. The average molecular weight is 500 g/mol. The number of hydrogen-bond acceptors (Lipinski definition) is 7. The molecule has 9 heteroatoms. The molecule has 0 aliphatic heterocycles. The Morgan fingerprint density at radius 2 is 1.31 bits per heavy atom. The van der Waals surface area contributed by atoms with Gasteiger partial charge < -0.3 is 15.2 Å². The fourth-order valence-electron chi connectivity index (χ4n) is 2.75. The quantitative estimate of drug-likeness (QED) is 0.335. The Balaban J connectivity index is 0.000000328. The van der Waals surface area contributed by atoms with E-state index in [-0.39, 0.29) is 36.9 Å². The molecule has 0 bridgehead atoms. The van der Waals surface area contributed by atoms with Crippen LogP contribution in [-0.4, -0.2) is 31.0 Å². The molecule has 3 N–H and O–H groups in total. The third-order valence-corrected chi connectivity index (χ3v) is 5.62. The van der Waals surface area contributed by atoms with Crippen LogP contribution in [0.2, 0.25) is 0 Å². The Kier molecular flexibility index (Phi) is 11.1. The Labute approximate surface area is 205 Å². The lowest BCUT2D eigenvalue weighted by molar-refractivity contribution is -0.148. The fourth-order valence-corrected chi connectivity index (χ4v) is 3.23. The monoisotopic (exact) mass is 499 g/mol. The van der Waals surface area contributed by atoms with Crippen molar-refractivity contribution in [3.05, 3.63) is 102 Å². The second-order valence-electron chi connectivity index (χ2n) is 7.67. The molecule has 1 atom stereocenters. The van der Waals surface area contributed by atoms with Gasteiger partial charge in [-0.05, 0) is 36.6 Å². The van der Waals surface area contributed by atoms with Gasteiger partial charge in [0.15, 0.2) is 0 Å². The summed E-state index contributed by atoms with van der Waals surface area (Å²) in [5, 5.41) is 0. The van der Waals surface area contributed by atoms with Crippen LogP contribution in [-0.2, 0) is 42.4 Å². The topological polar surface area (TPSA) is 133 Å². The molecule has 0 aliphatic rings. The van der Waals surface area contributed by atoms with Gasteiger partial charge in [-0.25, -0.2) is 0 Å². The molecule has 3 rings (SSSR count). The van der Waals surface area contributed by atoms with Gasteiger partial charge in [0.1, 0.15) is 19.3 Å². The Morgan fingerprint density at radius 3 is 1.80 bits per heavy atom. The van der Waals surface area contributed by atoms with Crippen molar-refractivity contribution in [2.45, 2.75) is 43.9 Å². The summed E-state index contributed by atoms with van der Waals surface area (Å²) in [6, 6.07) is 23.9. The lowest BCUT2D eigenvalue weighted by Gasteiger charge is -2.11. The summed E-state index contributed by atoms with van der Waals surface area (Å²) in [6.45, 7) is 2.23. The molecule has 0 fully saturated rings. The highest BCUT2D eigenvalue weighted by Crippen LogP contribution is 2.09. The average Bonchev–Trinajstić information content (AvgIpc) is 2.86. The van der Waals surface area contributed by atoms with E-state index in [0.717, 1.165) is 16.7 Å². The number of aryl methyl sites for hydroxylation is 1. The van der Waals surface area contributed by atoms with Crippen molar-refractivity contribution in [2.24, 2.45) is 5.73 Å². The molecule has 0 amide bonds. The zero-order valence-electron chi connectivity index (χ0n) is 19.4. The van der Waals surface area contributed by atoms with Crippen molar-refractivity contribution in [3.8, 4) is 0 Å². The summed E-state index contributed by atoms with van der Waals surface area (Å²) in [5.74, 6) is -0.903. The summed E-state index contributed by atoms with van der Waals surface area (Å²) in [5.41, 5.74) is 8.51. The largest absolute Gasteiger partial charge is 0.461 e. The highest BCUT2D eigenvalue weighted by atomic mass is 32.2. The van der Waals surface area contributed by atoms with Crippen molar-refractivity contribution >= 4 is 22.1 Å². The van der Waals surface area contributed by atoms with Crippen LogP contribution in [0.3, 0.4) is 0 Å². The molecule has 0 heterocycles. The van der Waals surface area contributed by atoms with Crippen LogP contribution < -0.4 is 5.73 Å². The van der Waals surface area contributed by atoms with E-state index in [0.29, 0.717) is 0 Å². The molecule has 35 heavy (non-hydrogen) atoms. The van der Waals surface area contributed by atoms with Crippen LogP contribution in [0.4, 0.5) is 0 Å². The van der Waals surface area contributed by atoms with Gasteiger partial charge in [-0.3, -0.25) is 14.1 Å². The van der Waals surface area contributed by atoms with Crippen molar-refractivity contribution in [1.82, 2.24) is 0 Å². The Bertz CT molecular complexity index is 1170. The minimum Gasteiger partial charge on any atom is -0.461 e. The van der Waals surface area contributed by atoms with Crippen LogP contribution >= 0.6 is 0 Å². The van der Waals surface area contributed by atoms with Gasteiger partial charge in [-0.15, -0.1) is 0 Å². The van der Waals surface area contributed by atoms with Gasteiger partial charge in [-0.2, -0.15) is 8.42 Å². The molecule has 0 aliphatic carbocycles. The molecule has 0 spiro atoms. The normalized spacial score (nSPS) is 11.5. The molecule has 3 aromatic carbocycles. The number of nitrogens with two attached hydrogens (primary N) is 1. The van der Waals surface area contributed by atoms with E-state index in [9.17, 15) is 18.0 Å². The van der Waals surface area contributed by atoms with E-state index in [1.165, 1.54) is 12.1 Å². The lowest BCUT2D eigenvalue weighted by Crippen LogP contribution is -2.32. The molecule has 0 saturated carbocycles. The smallest absolute Gasteiger partial charge is 0.323 e. The van der Waals surface area contributed by atoms with Crippen LogP contribution in [0.5, 0.6) is 0 Å². The number of carbonyl (C=O) groups is 2. The maximum absolute atomic E-state index is 11.8. The van der Waals surface area contributed by atoms with Crippen LogP contribution in [0, 0.1) is 6.92 Å². The number of hydrogen-bond donors (Lipinski definition) is 2. The number of benzene rings is 3. The van der Waals surface area contributed by atoms with Crippen LogP contribution in [0.25, 0.3) is 0 Å². The van der Waals surface area contributed by atoms with E-state index in [1.54, 1.807) is 12.1 Å². The second-order valence-corrected chi connectivity index (χ2v) is 9.09. The Hall–Kier alpha value is -3.53. The molecule has 0 saturated heterocycles.